The standard InChI is InChI=1S/C15H19N5O2/c1-9-11(15-17-7-8-22-15)20-13(16)12(18-9)14(21)19-10-5-3-2-4-6-10/h7-8,10H,2-6H2,1H3,(H2,16,20)(H,19,21). The van der Waals surface area contributed by atoms with Crippen molar-refractivity contribution in [1.29, 1.82) is 0 Å². The molecule has 116 valence electrons. The normalized spacial score (nSPS) is 15.7. The van der Waals surface area contributed by atoms with E-state index in [0.717, 1.165) is 25.7 Å². The van der Waals surface area contributed by atoms with Gasteiger partial charge in [0.1, 0.15) is 12.0 Å². The maximum atomic E-state index is 12.4. The summed E-state index contributed by atoms with van der Waals surface area (Å²) in [5.74, 6) is 0.169. The van der Waals surface area contributed by atoms with Crippen LogP contribution in [0.5, 0.6) is 0 Å². The van der Waals surface area contributed by atoms with Gasteiger partial charge in [0, 0.05) is 6.04 Å². The van der Waals surface area contributed by atoms with E-state index >= 15 is 0 Å². The number of nitrogens with one attached hydrogen (secondary N) is 1. The molecule has 1 aliphatic carbocycles. The topological polar surface area (TPSA) is 107 Å². The molecule has 0 bridgehead atoms. The average molecular weight is 301 g/mol. The molecular formula is C15H19N5O2. The molecule has 3 N–H and O–H groups in total. The number of hydrogen-bond acceptors (Lipinski definition) is 6. The van der Waals surface area contributed by atoms with E-state index in [9.17, 15) is 4.79 Å². The van der Waals surface area contributed by atoms with E-state index in [1.165, 1.54) is 18.9 Å². The molecule has 2 heterocycles. The number of oxazole rings is 1. The summed E-state index contributed by atoms with van der Waals surface area (Å²) >= 11 is 0. The SMILES string of the molecule is Cc1nc(C(=O)NC2CCCCC2)c(N)nc1-c1ncco1. The summed E-state index contributed by atoms with van der Waals surface area (Å²) in [6.07, 6.45) is 8.52. The van der Waals surface area contributed by atoms with Crippen molar-refractivity contribution in [3.05, 3.63) is 23.8 Å². The van der Waals surface area contributed by atoms with Crippen LogP contribution in [0.25, 0.3) is 11.6 Å². The van der Waals surface area contributed by atoms with Crippen molar-refractivity contribution in [2.75, 3.05) is 5.73 Å². The number of hydrogen-bond donors (Lipinski definition) is 2. The Morgan fingerprint density at radius 2 is 2.09 bits per heavy atom. The van der Waals surface area contributed by atoms with Gasteiger partial charge in [0.05, 0.1) is 11.9 Å². The molecule has 0 aromatic carbocycles. The second kappa shape index (κ2) is 6.13. The van der Waals surface area contributed by atoms with Gasteiger partial charge in [-0.15, -0.1) is 0 Å². The van der Waals surface area contributed by atoms with Gasteiger partial charge in [-0.25, -0.2) is 15.0 Å². The van der Waals surface area contributed by atoms with Crippen LogP contribution in [-0.2, 0) is 0 Å². The summed E-state index contributed by atoms with van der Waals surface area (Å²) in [7, 11) is 0. The van der Waals surface area contributed by atoms with Crippen LogP contribution >= 0.6 is 0 Å². The quantitative estimate of drug-likeness (QED) is 0.898. The highest BCUT2D eigenvalue weighted by atomic mass is 16.3. The minimum atomic E-state index is -0.265. The Hall–Kier alpha value is -2.44. The summed E-state index contributed by atoms with van der Waals surface area (Å²) in [6, 6.07) is 0.203. The summed E-state index contributed by atoms with van der Waals surface area (Å²) in [5, 5.41) is 3.00. The Bertz CT molecular complexity index is 663. The largest absolute Gasteiger partial charge is 0.443 e. The van der Waals surface area contributed by atoms with Gasteiger partial charge in [0.2, 0.25) is 5.89 Å². The molecule has 1 aliphatic rings. The molecule has 0 spiro atoms. The molecule has 22 heavy (non-hydrogen) atoms. The third-order valence-corrected chi connectivity index (χ3v) is 3.89. The monoisotopic (exact) mass is 301 g/mol. The van der Waals surface area contributed by atoms with E-state index in [4.69, 9.17) is 10.2 Å². The van der Waals surface area contributed by atoms with E-state index < -0.39 is 0 Å². The lowest BCUT2D eigenvalue weighted by molar-refractivity contribution is 0.0923. The summed E-state index contributed by atoms with van der Waals surface area (Å²) in [5.41, 5.74) is 7.08. The van der Waals surface area contributed by atoms with Crippen LogP contribution in [0, 0.1) is 6.92 Å². The predicted molar refractivity (Wildman–Crippen MR) is 81.0 cm³/mol. The van der Waals surface area contributed by atoms with E-state index in [-0.39, 0.29) is 23.5 Å². The Morgan fingerprint density at radius 1 is 1.32 bits per heavy atom. The third-order valence-electron chi connectivity index (χ3n) is 3.89. The third kappa shape index (κ3) is 2.93. The van der Waals surface area contributed by atoms with Crippen LogP contribution in [0.1, 0.15) is 48.3 Å². The van der Waals surface area contributed by atoms with E-state index in [1.54, 1.807) is 6.92 Å². The lowest BCUT2D eigenvalue weighted by atomic mass is 9.95. The van der Waals surface area contributed by atoms with Crippen LogP contribution < -0.4 is 11.1 Å². The van der Waals surface area contributed by atoms with E-state index in [2.05, 4.69) is 20.3 Å². The fourth-order valence-corrected chi connectivity index (χ4v) is 2.74. The van der Waals surface area contributed by atoms with Crippen LogP contribution in [0.15, 0.2) is 16.9 Å². The molecule has 2 aromatic heterocycles. The summed E-state index contributed by atoms with van der Waals surface area (Å²) < 4.78 is 5.21. The fourth-order valence-electron chi connectivity index (χ4n) is 2.74. The minimum absolute atomic E-state index is 0.0899. The number of nitrogens with two attached hydrogens (primary N) is 1. The Kier molecular flexibility index (Phi) is 4.04. The van der Waals surface area contributed by atoms with E-state index in [0.29, 0.717) is 17.3 Å². The van der Waals surface area contributed by atoms with Gasteiger partial charge in [0.15, 0.2) is 11.5 Å². The molecule has 3 rings (SSSR count). The van der Waals surface area contributed by atoms with E-state index in [1.807, 2.05) is 0 Å². The molecular weight excluding hydrogens is 282 g/mol. The lowest BCUT2D eigenvalue weighted by Crippen LogP contribution is -2.37. The van der Waals surface area contributed by atoms with Gasteiger partial charge in [0.25, 0.3) is 5.91 Å². The molecule has 1 amide bonds. The predicted octanol–water partition coefficient (Wildman–Crippen LogP) is 2.08. The number of carbonyl (C=O) groups is 1. The first-order chi connectivity index (χ1) is 10.6. The van der Waals surface area contributed by atoms with Crippen LogP contribution in [0.3, 0.4) is 0 Å². The van der Waals surface area contributed by atoms with Gasteiger partial charge in [-0.1, -0.05) is 19.3 Å². The van der Waals surface area contributed by atoms with Crippen molar-refractivity contribution < 1.29 is 9.21 Å². The Labute approximate surface area is 128 Å². The van der Waals surface area contributed by atoms with Gasteiger partial charge in [-0.3, -0.25) is 4.79 Å². The lowest BCUT2D eigenvalue weighted by Gasteiger charge is -2.22. The second-order valence-corrected chi connectivity index (χ2v) is 5.54. The fraction of sp³-hybridized carbons (Fsp3) is 0.467. The molecule has 0 aliphatic heterocycles. The van der Waals surface area contributed by atoms with Gasteiger partial charge < -0.3 is 15.5 Å². The zero-order chi connectivity index (χ0) is 15.5. The van der Waals surface area contributed by atoms with Crippen molar-refractivity contribution in [2.45, 2.75) is 45.1 Å². The molecule has 7 heteroatoms. The number of anilines is 1. The van der Waals surface area contributed by atoms with Gasteiger partial charge >= 0.3 is 0 Å². The summed E-state index contributed by atoms with van der Waals surface area (Å²) in [4.78, 5) is 24.9. The first-order valence-electron chi connectivity index (χ1n) is 7.50. The average Bonchev–Trinajstić information content (AvgIpc) is 3.04. The van der Waals surface area contributed by atoms with Gasteiger partial charge in [-0.05, 0) is 19.8 Å². The zero-order valence-corrected chi connectivity index (χ0v) is 12.5. The number of nitrogens with zero attached hydrogens (tertiary/aromatic N) is 3. The number of aryl methyl sites for hydroxylation is 1. The number of rotatable bonds is 3. The van der Waals surface area contributed by atoms with Crippen molar-refractivity contribution in [3.8, 4) is 11.6 Å². The number of carbonyl (C=O) groups excluding carboxylic acids is 1. The Balaban J connectivity index is 1.82. The minimum Gasteiger partial charge on any atom is -0.443 e. The summed E-state index contributed by atoms with van der Waals surface area (Å²) in [6.45, 7) is 1.75. The van der Waals surface area contributed by atoms with Crippen molar-refractivity contribution in [1.82, 2.24) is 20.3 Å². The van der Waals surface area contributed by atoms with Gasteiger partial charge in [-0.2, -0.15) is 0 Å². The highest BCUT2D eigenvalue weighted by molar-refractivity contribution is 5.96. The number of amides is 1. The van der Waals surface area contributed by atoms with Crippen molar-refractivity contribution in [2.24, 2.45) is 0 Å². The molecule has 2 aromatic rings. The Morgan fingerprint density at radius 3 is 2.77 bits per heavy atom. The number of nitrogen functional groups attached to an aromatic ring is 1. The van der Waals surface area contributed by atoms with Crippen LogP contribution in [0.2, 0.25) is 0 Å². The second-order valence-electron chi connectivity index (χ2n) is 5.54. The molecule has 1 saturated carbocycles. The molecule has 0 atom stereocenters. The molecule has 0 radical (unpaired) electrons. The molecule has 0 saturated heterocycles. The van der Waals surface area contributed by atoms with Crippen LogP contribution in [-0.4, -0.2) is 26.9 Å². The first-order valence-corrected chi connectivity index (χ1v) is 7.50. The molecule has 7 nitrogen and oxygen atoms in total. The maximum absolute atomic E-state index is 12.4. The highest BCUT2D eigenvalue weighted by Gasteiger charge is 2.22. The zero-order valence-electron chi connectivity index (χ0n) is 12.5. The maximum Gasteiger partial charge on any atom is 0.273 e. The molecule has 0 unspecified atom stereocenters. The van der Waals surface area contributed by atoms with Crippen LogP contribution in [0.4, 0.5) is 5.82 Å². The highest BCUT2D eigenvalue weighted by Crippen LogP contribution is 2.22. The molecule has 1 fully saturated rings. The first kappa shape index (κ1) is 14.5. The smallest absolute Gasteiger partial charge is 0.273 e. The number of aromatic nitrogens is 3. The van der Waals surface area contributed by atoms with Crippen molar-refractivity contribution >= 4 is 11.7 Å². The van der Waals surface area contributed by atoms with Crippen molar-refractivity contribution in [3.63, 3.8) is 0 Å².